The smallest absolute Gasteiger partial charge is 0.416 e. The van der Waals surface area contributed by atoms with Crippen molar-refractivity contribution in [2.24, 2.45) is 0 Å². The third-order valence-electron chi connectivity index (χ3n) is 5.49. The Morgan fingerprint density at radius 1 is 0.892 bits per heavy atom. The average Bonchev–Trinajstić information content (AvgIpc) is 2.85. The number of hydrogen-bond acceptors (Lipinski definition) is 4. The van der Waals surface area contributed by atoms with Crippen molar-refractivity contribution in [3.8, 4) is 22.6 Å². The number of nitrogens with one attached hydrogen (secondary N) is 1. The van der Waals surface area contributed by atoms with Gasteiger partial charge in [0, 0.05) is 12.6 Å². The van der Waals surface area contributed by atoms with Gasteiger partial charge in [-0.3, -0.25) is 0 Å². The highest BCUT2D eigenvalue weighted by molar-refractivity contribution is 5.90. The minimum atomic E-state index is -4.90. The number of benzene rings is 3. The number of carboxylic acids is 1. The van der Waals surface area contributed by atoms with Gasteiger partial charge in [-0.25, -0.2) is 4.79 Å². The summed E-state index contributed by atoms with van der Waals surface area (Å²) in [6.07, 6.45) is -9.71. The third-order valence-corrected chi connectivity index (χ3v) is 5.49. The zero-order valence-corrected chi connectivity index (χ0v) is 19.7. The van der Waals surface area contributed by atoms with Gasteiger partial charge >= 0.3 is 18.3 Å². The molecule has 198 valence electrons. The normalized spacial score (nSPS) is 12.8. The topological polar surface area (TPSA) is 67.8 Å². The predicted octanol–water partition coefficient (Wildman–Crippen LogP) is 6.83. The monoisotopic (exact) mass is 527 g/mol. The Bertz CT molecular complexity index is 1260. The molecule has 0 aliphatic carbocycles. The second-order valence-corrected chi connectivity index (χ2v) is 8.15. The first-order valence-electron chi connectivity index (χ1n) is 11.0. The first-order valence-corrected chi connectivity index (χ1v) is 11.0. The summed E-state index contributed by atoms with van der Waals surface area (Å²) >= 11 is 0. The zero-order valence-electron chi connectivity index (χ0n) is 19.7. The molecule has 3 aromatic rings. The van der Waals surface area contributed by atoms with Crippen LogP contribution < -0.4 is 14.8 Å². The summed E-state index contributed by atoms with van der Waals surface area (Å²) in [5.41, 5.74) is -2.84. The summed E-state index contributed by atoms with van der Waals surface area (Å²) in [4.78, 5) is 11.3. The van der Waals surface area contributed by atoms with Crippen molar-refractivity contribution >= 4 is 5.97 Å². The summed E-state index contributed by atoms with van der Waals surface area (Å²) in [7, 11) is 1.54. The lowest BCUT2D eigenvalue weighted by Gasteiger charge is -2.17. The highest BCUT2D eigenvalue weighted by Gasteiger charge is 2.34. The summed E-state index contributed by atoms with van der Waals surface area (Å²) < 4.78 is 91.2. The number of alkyl halides is 6. The van der Waals surface area contributed by atoms with Gasteiger partial charge in [0.15, 0.2) is 0 Å². The standard InChI is InChI=1S/C26H23F6NO4/c1-15(16-4-3-5-22(12-16)36-2)33-6-7-37-23-13-18(10-21(14-23)26(30,31)32)17-8-19(24(34)35)11-20(9-17)25(27,28)29/h3-5,8-15,33H,6-7H2,1-2H3,(H,34,35). The fraction of sp³-hybridized carbons (Fsp3) is 0.269. The number of carbonyl (C=O) groups is 1. The van der Waals surface area contributed by atoms with E-state index in [1.165, 1.54) is 7.11 Å². The zero-order chi connectivity index (χ0) is 27.4. The van der Waals surface area contributed by atoms with E-state index in [1.54, 1.807) is 6.07 Å². The lowest BCUT2D eigenvalue weighted by Crippen LogP contribution is -2.24. The molecule has 0 radical (unpaired) electrons. The van der Waals surface area contributed by atoms with Gasteiger partial charge in [-0.1, -0.05) is 12.1 Å². The molecule has 1 atom stereocenters. The van der Waals surface area contributed by atoms with E-state index in [9.17, 15) is 36.2 Å². The van der Waals surface area contributed by atoms with Gasteiger partial charge in [-0.15, -0.1) is 0 Å². The van der Waals surface area contributed by atoms with Crippen LogP contribution in [0.3, 0.4) is 0 Å². The van der Waals surface area contributed by atoms with Crippen LogP contribution in [0.1, 0.15) is 40.0 Å². The van der Waals surface area contributed by atoms with E-state index < -0.39 is 35.0 Å². The van der Waals surface area contributed by atoms with Crippen molar-refractivity contribution in [1.29, 1.82) is 0 Å². The maximum Gasteiger partial charge on any atom is 0.416 e. The minimum absolute atomic E-state index is 0.0436. The van der Waals surface area contributed by atoms with Gasteiger partial charge in [0.25, 0.3) is 0 Å². The van der Waals surface area contributed by atoms with Gasteiger partial charge in [0.1, 0.15) is 18.1 Å². The van der Waals surface area contributed by atoms with E-state index in [-0.39, 0.29) is 36.1 Å². The molecule has 5 nitrogen and oxygen atoms in total. The fourth-order valence-corrected chi connectivity index (χ4v) is 3.57. The highest BCUT2D eigenvalue weighted by Crippen LogP contribution is 2.38. The van der Waals surface area contributed by atoms with Crippen molar-refractivity contribution in [2.45, 2.75) is 25.3 Å². The SMILES string of the molecule is COc1cccc(C(C)NCCOc2cc(-c3cc(C(=O)O)cc(C(F)(F)F)c3)cc(C(F)(F)F)c2)c1. The Hall–Kier alpha value is -3.73. The quantitative estimate of drug-likeness (QED) is 0.236. The predicted molar refractivity (Wildman–Crippen MR) is 124 cm³/mol. The maximum atomic E-state index is 13.5. The van der Waals surface area contributed by atoms with E-state index in [2.05, 4.69) is 5.32 Å². The van der Waals surface area contributed by atoms with Crippen LogP contribution in [0.25, 0.3) is 11.1 Å². The van der Waals surface area contributed by atoms with Crippen LogP contribution in [0.5, 0.6) is 11.5 Å². The van der Waals surface area contributed by atoms with E-state index in [4.69, 9.17) is 9.47 Å². The molecule has 2 N–H and O–H groups in total. The second-order valence-electron chi connectivity index (χ2n) is 8.15. The van der Waals surface area contributed by atoms with E-state index in [0.717, 1.165) is 23.8 Å². The Labute approximate surface area is 208 Å². The molecule has 3 aromatic carbocycles. The number of rotatable bonds is 9. The number of aromatic carboxylic acids is 1. The first-order chi connectivity index (χ1) is 17.3. The van der Waals surface area contributed by atoms with Crippen LogP contribution in [0.15, 0.2) is 60.7 Å². The number of ether oxygens (including phenoxy) is 2. The van der Waals surface area contributed by atoms with Crippen LogP contribution >= 0.6 is 0 Å². The molecule has 0 spiro atoms. The molecule has 37 heavy (non-hydrogen) atoms. The summed E-state index contributed by atoms with van der Waals surface area (Å²) in [6, 6.07) is 11.6. The largest absolute Gasteiger partial charge is 0.497 e. The van der Waals surface area contributed by atoms with Gasteiger partial charge in [-0.05, 0) is 72.1 Å². The number of carboxylic acid groups (broad SMARTS) is 1. The van der Waals surface area contributed by atoms with Crippen molar-refractivity contribution in [2.75, 3.05) is 20.3 Å². The van der Waals surface area contributed by atoms with Gasteiger partial charge in [-0.2, -0.15) is 26.3 Å². The molecule has 0 bridgehead atoms. The van der Waals surface area contributed by atoms with Crippen molar-refractivity contribution < 1.29 is 45.7 Å². The number of methoxy groups -OCH3 is 1. The molecule has 11 heteroatoms. The third kappa shape index (κ3) is 7.39. The van der Waals surface area contributed by atoms with Gasteiger partial charge < -0.3 is 19.9 Å². The molecular formula is C26H23F6NO4. The highest BCUT2D eigenvalue weighted by atomic mass is 19.4. The summed E-state index contributed by atoms with van der Waals surface area (Å²) in [5.74, 6) is -1.21. The van der Waals surface area contributed by atoms with Crippen molar-refractivity contribution in [3.63, 3.8) is 0 Å². The van der Waals surface area contributed by atoms with Gasteiger partial charge in [0.05, 0.1) is 23.8 Å². The lowest BCUT2D eigenvalue weighted by atomic mass is 9.97. The van der Waals surface area contributed by atoms with Crippen molar-refractivity contribution in [3.05, 3.63) is 82.9 Å². The lowest BCUT2D eigenvalue weighted by molar-refractivity contribution is -0.138. The number of hydrogen-bond donors (Lipinski definition) is 2. The fourth-order valence-electron chi connectivity index (χ4n) is 3.57. The van der Waals surface area contributed by atoms with Gasteiger partial charge in [0.2, 0.25) is 0 Å². The van der Waals surface area contributed by atoms with Crippen LogP contribution in [0.2, 0.25) is 0 Å². The van der Waals surface area contributed by atoms with E-state index >= 15 is 0 Å². The molecule has 3 rings (SSSR count). The molecule has 0 saturated carbocycles. The Balaban J connectivity index is 1.84. The molecule has 0 aliphatic heterocycles. The summed E-state index contributed by atoms with van der Waals surface area (Å²) in [6.45, 7) is 2.08. The molecule has 0 aromatic heterocycles. The molecular weight excluding hydrogens is 504 g/mol. The molecule has 0 fully saturated rings. The van der Waals surface area contributed by atoms with Crippen LogP contribution in [0, 0.1) is 0 Å². The second kappa shape index (κ2) is 11.1. The van der Waals surface area contributed by atoms with Crippen LogP contribution in [-0.4, -0.2) is 31.3 Å². The molecule has 0 heterocycles. The Morgan fingerprint density at radius 2 is 1.51 bits per heavy atom. The number of halogens is 6. The van der Waals surface area contributed by atoms with E-state index in [0.29, 0.717) is 23.9 Å². The van der Waals surface area contributed by atoms with Crippen LogP contribution in [-0.2, 0) is 12.4 Å². The Kier molecular flexibility index (Phi) is 8.37. The van der Waals surface area contributed by atoms with E-state index in [1.807, 2.05) is 25.1 Å². The van der Waals surface area contributed by atoms with Crippen LogP contribution in [0.4, 0.5) is 26.3 Å². The molecule has 1 unspecified atom stereocenters. The Morgan fingerprint density at radius 3 is 2.11 bits per heavy atom. The molecule has 0 aliphatic rings. The maximum absolute atomic E-state index is 13.5. The average molecular weight is 527 g/mol. The minimum Gasteiger partial charge on any atom is -0.497 e. The molecule has 0 amide bonds. The molecule has 0 saturated heterocycles. The first kappa shape index (κ1) is 27.9. The summed E-state index contributed by atoms with van der Waals surface area (Å²) in [5, 5.41) is 12.4. The van der Waals surface area contributed by atoms with Crippen molar-refractivity contribution in [1.82, 2.24) is 5.32 Å².